The average Bonchev–Trinajstić information content (AvgIpc) is 2.50. The van der Waals surface area contributed by atoms with Gasteiger partial charge in [-0.3, -0.25) is 0 Å². The van der Waals surface area contributed by atoms with Gasteiger partial charge in [-0.2, -0.15) is 0 Å². The van der Waals surface area contributed by atoms with Crippen LogP contribution in [0.4, 0.5) is 0 Å². The van der Waals surface area contributed by atoms with Crippen LogP contribution in [0.1, 0.15) is 38.3 Å². The summed E-state index contributed by atoms with van der Waals surface area (Å²) >= 11 is 0. The Balaban J connectivity index is 2.74. The molecule has 0 aliphatic carbocycles. The summed E-state index contributed by atoms with van der Waals surface area (Å²) in [6, 6.07) is 4.01. The number of nitrogens with two attached hydrogens (primary N) is 1. The Morgan fingerprint density at radius 3 is 2.50 bits per heavy atom. The van der Waals surface area contributed by atoms with Gasteiger partial charge < -0.3 is 10.2 Å². The van der Waals surface area contributed by atoms with E-state index in [1.807, 2.05) is 12.1 Å². The van der Waals surface area contributed by atoms with E-state index in [4.69, 9.17) is 10.2 Å². The average molecular weight is 167 g/mol. The number of hydrogen-bond acceptors (Lipinski definition) is 2. The highest BCUT2D eigenvalue weighted by atomic mass is 16.3. The van der Waals surface area contributed by atoms with Gasteiger partial charge in [0.2, 0.25) is 0 Å². The zero-order chi connectivity index (χ0) is 9.14. The molecular formula is C10H17NO. The predicted molar refractivity (Wildman–Crippen MR) is 49.9 cm³/mol. The molecule has 0 spiro atoms. The highest BCUT2D eigenvalue weighted by Crippen LogP contribution is 2.21. The predicted octanol–water partition coefficient (Wildman–Crippen LogP) is 2.50. The normalized spacial score (nSPS) is 13.8. The summed E-state index contributed by atoms with van der Waals surface area (Å²) in [5.74, 6) is 2.35. The van der Waals surface area contributed by atoms with Crippen LogP contribution in [0.3, 0.4) is 0 Å². The van der Waals surface area contributed by atoms with Gasteiger partial charge in [0, 0.05) is 6.42 Å². The second kappa shape index (κ2) is 3.76. The van der Waals surface area contributed by atoms with Crippen LogP contribution < -0.4 is 5.73 Å². The minimum Gasteiger partial charge on any atom is -0.464 e. The molecule has 68 valence electrons. The van der Waals surface area contributed by atoms with E-state index in [0.717, 1.165) is 17.9 Å². The van der Waals surface area contributed by atoms with E-state index in [2.05, 4.69) is 20.8 Å². The topological polar surface area (TPSA) is 39.2 Å². The number of rotatable bonds is 3. The molecule has 0 aromatic carbocycles. The molecule has 0 fully saturated rings. The Kier molecular flexibility index (Phi) is 2.93. The van der Waals surface area contributed by atoms with Crippen LogP contribution in [0.15, 0.2) is 16.5 Å². The Bertz CT molecular complexity index is 240. The van der Waals surface area contributed by atoms with Gasteiger partial charge in [0.25, 0.3) is 0 Å². The van der Waals surface area contributed by atoms with Crippen LogP contribution >= 0.6 is 0 Å². The van der Waals surface area contributed by atoms with Crippen molar-refractivity contribution >= 4 is 0 Å². The third kappa shape index (κ3) is 1.89. The second-order valence-corrected chi connectivity index (χ2v) is 3.43. The monoisotopic (exact) mass is 167 g/mol. The summed E-state index contributed by atoms with van der Waals surface area (Å²) in [6.45, 7) is 6.27. The van der Waals surface area contributed by atoms with Gasteiger partial charge in [-0.15, -0.1) is 0 Å². The lowest BCUT2D eigenvalue weighted by Crippen LogP contribution is -2.15. The van der Waals surface area contributed by atoms with Crippen molar-refractivity contribution in [2.75, 3.05) is 0 Å². The van der Waals surface area contributed by atoms with Gasteiger partial charge in [-0.25, -0.2) is 0 Å². The smallest absolute Gasteiger partial charge is 0.121 e. The Hall–Kier alpha value is -0.760. The van der Waals surface area contributed by atoms with Crippen LogP contribution in [-0.4, -0.2) is 0 Å². The van der Waals surface area contributed by atoms with Crippen molar-refractivity contribution < 1.29 is 4.42 Å². The largest absolute Gasteiger partial charge is 0.464 e. The highest BCUT2D eigenvalue weighted by molar-refractivity contribution is 5.10. The van der Waals surface area contributed by atoms with Crippen LogP contribution in [0, 0.1) is 5.92 Å². The van der Waals surface area contributed by atoms with Crippen molar-refractivity contribution in [3.8, 4) is 0 Å². The summed E-state index contributed by atoms with van der Waals surface area (Å²) in [5.41, 5.74) is 5.91. The molecule has 0 bridgehead atoms. The van der Waals surface area contributed by atoms with E-state index < -0.39 is 0 Å². The zero-order valence-corrected chi connectivity index (χ0v) is 8.00. The van der Waals surface area contributed by atoms with E-state index in [1.165, 1.54) is 0 Å². The molecule has 0 saturated carbocycles. The fraction of sp³-hybridized carbons (Fsp3) is 0.600. The standard InChI is InChI=1S/C10H17NO/c1-4-8-5-6-9(12-8)10(11)7(2)3/h5-7,10H,4,11H2,1-3H3/t10-/m1/s1. The molecule has 0 aliphatic heterocycles. The first kappa shape index (κ1) is 9.33. The highest BCUT2D eigenvalue weighted by Gasteiger charge is 2.13. The van der Waals surface area contributed by atoms with Crippen LogP contribution in [0.25, 0.3) is 0 Å². The molecule has 1 rings (SSSR count). The minimum absolute atomic E-state index is 0.0327. The van der Waals surface area contributed by atoms with E-state index in [9.17, 15) is 0 Å². The summed E-state index contributed by atoms with van der Waals surface area (Å²) in [5, 5.41) is 0. The number of hydrogen-bond donors (Lipinski definition) is 1. The lowest BCUT2D eigenvalue weighted by molar-refractivity contribution is 0.385. The maximum Gasteiger partial charge on any atom is 0.121 e. The quantitative estimate of drug-likeness (QED) is 0.751. The molecule has 1 heterocycles. The van der Waals surface area contributed by atoms with Gasteiger partial charge in [0.1, 0.15) is 11.5 Å². The van der Waals surface area contributed by atoms with Crippen molar-refractivity contribution in [3.63, 3.8) is 0 Å². The molecule has 0 saturated heterocycles. The fourth-order valence-electron chi connectivity index (χ4n) is 1.09. The van der Waals surface area contributed by atoms with E-state index in [-0.39, 0.29) is 6.04 Å². The van der Waals surface area contributed by atoms with E-state index in [0.29, 0.717) is 5.92 Å². The van der Waals surface area contributed by atoms with Gasteiger partial charge in [-0.05, 0) is 18.1 Å². The summed E-state index contributed by atoms with van der Waals surface area (Å²) in [6.07, 6.45) is 0.935. The first-order valence-electron chi connectivity index (χ1n) is 4.49. The van der Waals surface area contributed by atoms with E-state index in [1.54, 1.807) is 0 Å². The number of furan rings is 1. The van der Waals surface area contributed by atoms with Crippen LogP contribution in [-0.2, 0) is 6.42 Å². The van der Waals surface area contributed by atoms with E-state index >= 15 is 0 Å². The molecule has 12 heavy (non-hydrogen) atoms. The summed E-state index contributed by atoms with van der Waals surface area (Å²) in [4.78, 5) is 0. The van der Waals surface area contributed by atoms with Crippen molar-refractivity contribution in [2.45, 2.75) is 33.2 Å². The Morgan fingerprint density at radius 2 is 2.08 bits per heavy atom. The first-order chi connectivity index (χ1) is 5.65. The zero-order valence-electron chi connectivity index (χ0n) is 8.00. The maximum absolute atomic E-state index is 5.91. The molecule has 1 aromatic heterocycles. The summed E-state index contributed by atoms with van der Waals surface area (Å²) < 4.78 is 5.53. The summed E-state index contributed by atoms with van der Waals surface area (Å²) in [7, 11) is 0. The Labute approximate surface area is 73.8 Å². The lowest BCUT2D eigenvalue weighted by atomic mass is 10.0. The number of aryl methyl sites for hydroxylation is 1. The van der Waals surface area contributed by atoms with Crippen LogP contribution in [0.2, 0.25) is 0 Å². The minimum atomic E-state index is 0.0327. The molecule has 2 heteroatoms. The third-order valence-electron chi connectivity index (χ3n) is 2.08. The third-order valence-corrected chi connectivity index (χ3v) is 2.08. The first-order valence-corrected chi connectivity index (χ1v) is 4.49. The molecule has 0 aliphatic rings. The molecule has 1 atom stereocenters. The van der Waals surface area contributed by atoms with Gasteiger partial charge in [-0.1, -0.05) is 20.8 Å². The van der Waals surface area contributed by atoms with Crippen molar-refractivity contribution in [1.29, 1.82) is 0 Å². The molecule has 0 radical (unpaired) electrons. The second-order valence-electron chi connectivity index (χ2n) is 3.43. The molecule has 1 aromatic rings. The van der Waals surface area contributed by atoms with Gasteiger partial charge >= 0.3 is 0 Å². The molecular weight excluding hydrogens is 150 g/mol. The molecule has 2 nitrogen and oxygen atoms in total. The van der Waals surface area contributed by atoms with Gasteiger partial charge in [0.15, 0.2) is 0 Å². The molecule has 2 N–H and O–H groups in total. The lowest BCUT2D eigenvalue weighted by Gasteiger charge is -2.11. The van der Waals surface area contributed by atoms with Crippen molar-refractivity contribution in [3.05, 3.63) is 23.7 Å². The maximum atomic E-state index is 5.91. The van der Waals surface area contributed by atoms with Gasteiger partial charge in [0.05, 0.1) is 6.04 Å². The molecule has 0 amide bonds. The van der Waals surface area contributed by atoms with Crippen molar-refractivity contribution in [1.82, 2.24) is 0 Å². The van der Waals surface area contributed by atoms with Crippen LogP contribution in [0.5, 0.6) is 0 Å². The Morgan fingerprint density at radius 1 is 1.42 bits per heavy atom. The molecule has 0 unspecified atom stereocenters. The SMILES string of the molecule is CCc1ccc([C@H](N)C(C)C)o1. The van der Waals surface area contributed by atoms with Crippen molar-refractivity contribution in [2.24, 2.45) is 11.7 Å². The fourth-order valence-corrected chi connectivity index (χ4v) is 1.09.